The highest BCUT2D eigenvalue weighted by Gasteiger charge is 2.45. The van der Waals surface area contributed by atoms with Crippen LogP contribution in [0.1, 0.15) is 31.2 Å². The first-order valence-electron chi connectivity index (χ1n) is 5.47. The average Bonchev–Trinajstić information content (AvgIpc) is 2.81. The summed E-state index contributed by atoms with van der Waals surface area (Å²) in [7, 11) is 0. The third-order valence-corrected chi connectivity index (χ3v) is 3.82. The van der Waals surface area contributed by atoms with E-state index in [0.717, 1.165) is 0 Å². The maximum Gasteiger partial charge on any atom is 0.314 e. The first-order chi connectivity index (χ1) is 8.40. The second kappa shape index (κ2) is 4.46. The second-order valence-corrected chi connectivity index (χ2v) is 4.82. The van der Waals surface area contributed by atoms with Crippen LogP contribution in [0, 0.1) is 17.5 Å². The van der Waals surface area contributed by atoms with Gasteiger partial charge in [0.1, 0.15) is 10.8 Å². The maximum atomic E-state index is 13.9. The van der Waals surface area contributed by atoms with E-state index in [2.05, 4.69) is 0 Å². The molecule has 6 heteroatoms. The summed E-state index contributed by atoms with van der Waals surface area (Å²) in [5, 5.41) is 8.28. The van der Waals surface area contributed by atoms with E-state index in [0.29, 0.717) is 18.9 Å². The Kier molecular flexibility index (Phi) is 3.27. The van der Waals surface area contributed by atoms with Crippen molar-refractivity contribution in [3.8, 4) is 0 Å². The van der Waals surface area contributed by atoms with Crippen LogP contribution in [0.5, 0.6) is 0 Å². The maximum absolute atomic E-state index is 13.9. The Labute approximate surface area is 106 Å². The Morgan fingerprint density at radius 3 is 2.28 bits per heavy atom. The van der Waals surface area contributed by atoms with Gasteiger partial charge >= 0.3 is 5.97 Å². The molecular formula is C12H10ClF3O2. The van der Waals surface area contributed by atoms with Crippen molar-refractivity contribution in [2.45, 2.75) is 31.1 Å². The molecule has 0 heterocycles. The van der Waals surface area contributed by atoms with Crippen molar-refractivity contribution >= 4 is 17.6 Å². The molecule has 0 amide bonds. The Hall–Kier alpha value is -1.23. The zero-order valence-corrected chi connectivity index (χ0v) is 10.0. The van der Waals surface area contributed by atoms with Crippen LogP contribution >= 0.6 is 11.6 Å². The molecule has 98 valence electrons. The molecule has 1 aromatic carbocycles. The van der Waals surface area contributed by atoms with Crippen molar-refractivity contribution in [1.29, 1.82) is 0 Å². The minimum absolute atomic E-state index is 0.195. The van der Waals surface area contributed by atoms with Gasteiger partial charge in [0.15, 0.2) is 11.6 Å². The number of hydrogen-bond donors (Lipinski definition) is 1. The summed E-state index contributed by atoms with van der Waals surface area (Å²) in [6, 6.07) is 0.607. The molecule has 0 unspecified atom stereocenters. The predicted molar refractivity (Wildman–Crippen MR) is 59.1 cm³/mol. The highest BCUT2D eigenvalue weighted by Crippen LogP contribution is 2.44. The highest BCUT2D eigenvalue weighted by molar-refractivity contribution is 6.31. The fraction of sp³-hybridized carbons (Fsp3) is 0.417. The van der Waals surface area contributed by atoms with Gasteiger partial charge in [-0.15, -0.1) is 0 Å². The van der Waals surface area contributed by atoms with Gasteiger partial charge in [0.05, 0.1) is 5.41 Å². The van der Waals surface area contributed by atoms with E-state index in [-0.39, 0.29) is 18.4 Å². The fourth-order valence-corrected chi connectivity index (χ4v) is 2.69. The molecular weight excluding hydrogens is 269 g/mol. The molecule has 0 radical (unpaired) electrons. The molecule has 1 N–H and O–H groups in total. The van der Waals surface area contributed by atoms with Crippen LogP contribution in [0.2, 0.25) is 5.02 Å². The minimum atomic E-state index is -1.50. The Balaban J connectivity index is 2.67. The lowest BCUT2D eigenvalue weighted by Crippen LogP contribution is -2.34. The molecule has 0 bridgehead atoms. The Bertz CT molecular complexity index is 511. The van der Waals surface area contributed by atoms with E-state index in [1.54, 1.807) is 0 Å². The Morgan fingerprint density at radius 1 is 1.22 bits per heavy atom. The van der Waals surface area contributed by atoms with Crippen molar-refractivity contribution in [3.05, 3.63) is 34.1 Å². The van der Waals surface area contributed by atoms with Gasteiger partial charge < -0.3 is 5.11 Å². The number of rotatable bonds is 2. The number of aliphatic carboxylic acids is 1. The van der Waals surface area contributed by atoms with Gasteiger partial charge in [-0.1, -0.05) is 24.4 Å². The number of benzene rings is 1. The molecule has 0 atom stereocenters. The number of carbonyl (C=O) groups is 1. The largest absolute Gasteiger partial charge is 0.481 e. The average molecular weight is 279 g/mol. The standard InChI is InChI=1S/C12H10ClF3O2/c13-8-9(15)6(5-7(14)10(8)16)12(11(17)18)3-1-2-4-12/h5H,1-4H2,(H,17,18). The van der Waals surface area contributed by atoms with Crippen molar-refractivity contribution in [2.75, 3.05) is 0 Å². The van der Waals surface area contributed by atoms with Crippen LogP contribution in [-0.2, 0) is 10.2 Å². The summed E-state index contributed by atoms with van der Waals surface area (Å²) in [5.74, 6) is -5.23. The van der Waals surface area contributed by atoms with Gasteiger partial charge in [-0.25, -0.2) is 13.2 Å². The summed E-state index contributed by atoms with van der Waals surface area (Å²) < 4.78 is 40.3. The SMILES string of the molecule is O=C(O)C1(c2cc(F)c(F)c(Cl)c2F)CCCC1. The lowest BCUT2D eigenvalue weighted by molar-refractivity contribution is -0.143. The van der Waals surface area contributed by atoms with Gasteiger partial charge in [-0.05, 0) is 18.9 Å². The lowest BCUT2D eigenvalue weighted by atomic mass is 9.78. The zero-order valence-electron chi connectivity index (χ0n) is 9.27. The molecule has 18 heavy (non-hydrogen) atoms. The third kappa shape index (κ3) is 1.77. The third-order valence-electron chi connectivity index (χ3n) is 3.48. The van der Waals surface area contributed by atoms with E-state index < -0.39 is 33.9 Å². The van der Waals surface area contributed by atoms with Crippen molar-refractivity contribution in [3.63, 3.8) is 0 Å². The molecule has 0 saturated heterocycles. The minimum Gasteiger partial charge on any atom is -0.481 e. The van der Waals surface area contributed by atoms with Gasteiger partial charge in [-0.2, -0.15) is 0 Å². The van der Waals surface area contributed by atoms with Gasteiger partial charge in [0, 0.05) is 5.56 Å². The normalized spacial score (nSPS) is 18.0. The van der Waals surface area contributed by atoms with Gasteiger partial charge in [0.2, 0.25) is 0 Å². The smallest absolute Gasteiger partial charge is 0.314 e. The van der Waals surface area contributed by atoms with E-state index in [1.165, 1.54) is 0 Å². The summed E-state index contributed by atoms with van der Waals surface area (Å²) in [6.07, 6.45) is 1.59. The van der Waals surface area contributed by atoms with Crippen LogP contribution in [0.3, 0.4) is 0 Å². The molecule has 2 nitrogen and oxygen atoms in total. The van der Waals surface area contributed by atoms with Crippen LogP contribution in [-0.4, -0.2) is 11.1 Å². The molecule has 1 aliphatic carbocycles. The molecule has 1 saturated carbocycles. The molecule has 1 aromatic rings. The first kappa shape index (κ1) is 13.2. The van der Waals surface area contributed by atoms with Crippen LogP contribution in [0.25, 0.3) is 0 Å². The number of carboxylic acid groups (broad SMARTS) is 1. The van der Waals surface area contributed by atoms with Gasteiger partial charge in [-0.3, -0.25) is 4.79 Å². The van der Waals surface area contributed by atoms with Gasteiger partial charge in [0.25, 0.3) is 0 Å². The monoisotopic (exact) mass is 278 g/mol. The van der Waals surface area contributed by atoms with Crippen LogP contribution in [0.15, 0.2) is 6.07 Å². The quantitative estimate of drug-likeness (QED) is 0.662. The van der Waals surface area contributed by atoms with Crippen molar-refractivity contribution < 1.29 is 23.1 Å². The van der Waals surface area contributed by atoms with E-state index in [9.17, 15) is 23.1 Å². The van der Waals surface area contributed by atoms with E-state index in [1.807, 2.05) is 0 Å². The van der Waals surface area contributed by atoms with E-state index in [4.69, 9.17) is 11.6 Å². The van der Waals surface area contributed by atoms with Crippen molar-refractivity contribution in [1.82, 2.24) is 0 Å². The molecule has 2 rings (SSSR count). The Morgan fingerprint density at radius 2 is 1.78 bits per heavy atom. The summed E-state index contributed by atoms with van der Waals surface area (Å²) in [6.45, 7) is 0. The van der Waals surface area contributed by atoms with Crippen molar-refractivity contribution in [2.24, 2.45) is 0 Å². The second-order valence-electron chi connectivity index (χ2n) is 4.44. The number of hydrogen-bond acceptors (Lipinski definition) is 1. The van der Waals surface area contributed by atoms with E-state index >= 15 is 0 Å². The zero-order chi connectivity index (χ0) is 13.5. The molecule has 0 aliphatic heterocycles. The lowest BCUT2D eigenvalue weighted by Gasteiger charge is -2.25. The number of halogens is 4. The predicted octanol–water partition coefficient (Wildman–Crippen LogP) is 3.65. The molecule has 1 fully saturated rings. The summed E-state index contributed by atoms with van der Waals surface area (Å²) in [4.78, 5) is 11.4. The van der Waals surface area contributed by atoms with Crippen LogP contribution < -0.4 is 0 Å². The van der Waals surface area contributed by atoms with Crippen LogP contribution in [0.4, 0.5) is 13.2 Å². The molecule has 0 spiro atoms. The summed E-state index contributed by atoms with van der Waals surface area (Å²) in [5.41, 5.74) is -1.86. The first-order valence-corrected chi connectivity index (χ1v) is 5.85. The highest BCUT2D eigenvalue weighted by atomic mass is 35.5. The molecule has 1 aliphatic rings. The fourth-order valence-electron chi connectivity index (χ4n) is 2.50. The number of carboxylic acids is 1. The molecule has 0 aromatic heterocycles. The topological polar surface area (TPSA) is 37.3 Å². The summed E-state index contributed by atoms with van der Waals surface area (Å²) >= 11 is 5.35.